The third kappa shape index (κ3) is 3.50. The summed E-state index contributed by atoms with van der Waals surface area (Å²) in [6.07, 6.45) is -8.47. The van der Waals surface area contributed by atoms with Gasteiger partial charge in [0.05, 0.1) is 13.0 Å². The van der Waals surface area contributed by atoms with Crippen molar-refractivity contribution in [3.05, 3.63) is 35.9 Å². The first-order valence-electron chi connectivity index (χ1n) is 5.89. The molecular weight excluding hydrogens is 321 g/mol. The maximum atomic E-state index is 13.5. The van der Waals surface area contributed by atoms with Crippen molar-refractivity contribution in [1.82, 2.24) is 0 Å². The van der Waals surface area contributed by atoms with E-state index in [1.54, 1.807) is 0 Å². The van der Waals surface area contributed by atoms with Crippen molar-refractivity contribution in [2.75, 3.05) is 7.11 Å². The van der Waals surface area contributed by atoms with Gasteiger partial charge in [0.2, 0.25) is 0 Å². The van der Waals surface area contributed by atoms with Crippen molar-refractivity contribution < 1.29 is 40.3 Å². The van der Waals surface area contributed by atoms with Gasteiger partial charge in [-0.3, -0.25) is 4.79 Å². The molecule has 22 heavy (non-hydrogen) atoms. The number of alkyl halides is 7. The van der Waals surface area contributed by atoms with Gasteiger partial charge >= 0.3 is 24.0 Å². The molecule has 0 aliphatic rings. The van der Waals surface area contributed by atoms with Gasteiger partial charge in [0.25, 0.3) is 0 Å². The molecular formula is C13H11F7O2. The smallest absolute Gasteiger partial charge is 0.459 e. The van der Waals surface area contributed by atoms with E-state index in [1.807, 2.05) is 0 Å². The summed E-state index contributed by atoms with van der Waals surface area (Å²) in [5.41, 5.74) is -0.146. The third-order valence-electron chi connectivity index (χ3n) is 2.96. The fourth-order valence-corrected chi connectivity index (χ4v) is 1.76. The van der Waals surface area contributed by atoms with Gasteiger partial charge in [0, 0.05) is 6.42 Å². The largest absolute Gasteiger partial charge is 0.469 e. The Kier molecular flexibility index (Phi) is 5.09. The number of ether oxygens (including phenoxy) is 1. The summed E-state index contributed by atoms with van der Waals surface area (Å²) in [5, 5.41) is 0. The molecule has 2 nitrogen and oxygen atoms in total. The predicted molar refractivity (Wildman–Crippen MR) is 61.8 cm³/mol. The molecule has 0 heterocycles. The van der Waals surface area contributed by atoms with Gasteiger partial charge in [-0.2, -0.15) is 30.7 Å². The molecule has 9 heteroatoms. The SMILES string of the molecule is COC(=O)C(CC(F)(F)C(F)(F)C(F)(F)F)c1ccccc1. The summed E-state index contributed by atoms with van der Waals surface area (Å²) in [7, 11) is 0.818. The minimum atomic E-state index is -6.44. The number of carbonyl (C=O) groups is 1. The summed E-state index contributed by atoms with van der Waals surface area (Å²) in [6.45, 7) is 0. The van der Waals surface area contributed by atoms with Crippen molar-refractivity contribution in [2.45, 2.75) is 30.4 Å². The lowest BCUT2D eigenvalue weighted by Gasteiger charge is -2.30. The first kappa shape index (κ1) is 18.2. The zero-order chi connectivity index (χ0) is 17.2. The number of esters is 1. The average molecular weight is 332 g/mol. The van der Waals surface area contributed by atoms with Crippen LogP contribution >= 0.6 is 0 Å². The van der Waals surface area contributed by atoms with Crippen LogP contribution in [0, 0.1) is 0 Å². The first-order valence-corrected chi connectivity index (χ1v) is 5.89. The van der Waals surface area contributed by atoms with Gasteiger partial charge < -0.3 is 4.74 Å². The fraction of sp³-hybridized carbons (Fsp3) is 0.462. The second-order valence-corrected chi connectivity index (χ2v) is 4.47. The molecule has 124 valence electrons. The molecule has 0 saturated heterocycles. The van der Waals surface area contributed by atoms with Gasteiger partial charge in [0.1, 0.15) is 0 Å². The topological polar surface area (TPSA) is 26.3 Å². The van der Waals surface area contributed by atoms with Crippen molar-refractivity contribution in [3.63, 3.8) is 0 Å². The summed E-state index contributed by atoms with van der Waals surface area (Å²) in [6, 6.07) is 6.42. The molecule has 1 rings (SSSR count). The van der Waals surface area contributed by atoms with Gasteiger partial charge in [-0.25, -0.2) is 0 Å². The van der Waals surface area contributed by atoms with E-state index >= 15 is 0 Å². The van der Waals surface area contributed by atoms with E-state index in [1.165, 1.54) is 18.2 Å². The van der Waals surface area contributed by atoms with Crippen LogP contribution in [0.1, 0.15) is 17.9 Å². The number of halogens is 7. The first-order chi connectivity index (χ1) is 9.94. The lowest BCUT2D eigenvalue weighted by molar-refractivity contribution is -0.356. The molecule has 0 aliphatic carbocycles. The van der Waals surface area contributed by atoms with Crippen LogP contribution in [0.4, 0.5) is 30.7 Å². The molecule has 0 fully saturated rings. The number of carbonyl (C=O) groups excluding carboxylic acids is 1. The number of benzene rings is 1. The molecule has 1 aromatic carbocycles. The quantitative estimate of drug-likeness (QED) is 0.598. The van der Waals surface area contributed by atoms with Crippen molar-refractivity contribution in [3.8, 4) is 0 Å². The van der Waals surface area contributed by atoms with E-state index in [2.05, 4.69) is 4.74 Å². The summed E-state index contributed by atoms with van der Waals surface area (Å²) < 4.78 is 93.3. The third-order valence-corrected chi connectivity index (χ3v) is 2.96. The van der Waals surface area contributed by atoms with E-state index in [0.717, 1.165) is 19.2 Å². The molecule has 0 bridgehead atoms. The lowest BCUT2D eigenvalue weighted by atomic mass is 9.90. The molecule has 1 unspecified atom stereocenters. The normalized spacial score (nSPS) is 14.5. The highest BCUT2D eigenvalue weighted by molar-refractivity contribution is 5.78. The summed E-state index contributed by atoms with van der Waals surface area (Å²) >= 11 is 0. The molecule has 0 N–H and O–H groups in total. The lowest BCUT2D eigenvalue weighted by Crippen LogP contribution is -2.52. The van der Waals surface area contributed by atoms with Crippen molar-refractivity contribution >= 4 is 5.97 Å². The fourth-order valence-electron chi connectivity index (χ4n) is 1.76. The maximum Gasteiger partial charge on any atom is 0.459 e. The zero-order valence-corrected chi connectivity index (χ0v) is 11.1. The summed E-state index contributed by atoms with van der Waals surface area (Å²) in [5.74, 6) is -15.0. The van der Waals surface area contributed by atoms with Crippen LogP contribution in [0.25, 0.3) is 0 Å². The minimum absolute atomic E-state index is 0.146. The molecule has 0 aromatic heterocycles. The average Bonchev–Trinajstić information content (AvgIpc) is 2.43. The van der Waals surface area contributed by atoms with E-state index in [9.17, 15) is 35.5 Å². The Balaban J connectivity index is 3.17. The Hall–Kier alpha value is -1.80. The number of hydrogen-bond acceptors (Lipinski definition) is 2. The standard InChI is InChI=1S/C13H11F7O2/c1-22-10(21)9(8-5-3-2-4-6-8)7-11(14,15)12(16,17)13(18,19)20/h2-6,9H,7H2,1H3. The van der Waals surface area contributed by atoms with Crippen molar-refractivity contribution in [1.29, 1.82) is 0 Å². The second kappa shape index (κ2) is 6.13. The number of methoxy groups -OCH3 is 1. The van der Waals surface area contributed by atoms with Gasteiger partial charge in [-0.1, -0.05) is 30.3 Å². The van der Waals surface area contributed by atoms with Gasteiger partial charge in [-0.15, -0.1) is 0 Å². The van der Waals surface area contributed by atoms with Crippen LogP contribution in [-0.2, 0) is 9.53 Å². The Morgan fingerprint density at radius 3 is 1.95 bits per heavy atom. The number of hydrogen-bond donors (Lipinski definition) is 0. The zero-order valence-electron chi connectivity index (χ0n) is 11.1. The Morgan fingerprint density at radius 2 is 1.55 bits per heavy atom. The molecule has 0 spiro atoms. The Bertz CT molecular complexity index is 511. The molecule has 1 atom stereocenters. The van der Waals surface area contributed by atoms with Crippen LogP contribution < -0.4 is 0 Å². The van der Waals surface area contributed by atoms with Gasteiger partial charge in [-0.05, 0) is 5.56 Å². The molecule has 1 aromatic rings. The van der Waals surface area contributed by atoms with E-state index in [4.69, 9.17) is 0 Å². The highest BCUT2D eigenvalue weighted by atomic mass is 19.4. The minimum Gasteiger partial charge on any atom is -0.469 e. The molecule has 0 saturated carbocycles. The highest BCUT2D eigenvalue weighted by Crippen LogP contribution is 2.50. The van der Waals surface area contributed by atoms with Gasteiger partial charge in [0.15, 0.2) is 0 Å². The molecule has 0 radical (unpaired) electrons. The van der Waals surface area contributed by atoms with Crippen LogP contribution in [-0.4, -0.2) is 31.1 Å². The van der Waals surface area contributed by atoms with Crippen LogP contribution in [0.5, 0.6) is 0 Å². The maximum absolute atomic E-state index is 13.5. The molecule has 0 aliphatic heterocycles. The van der Waals surface area contributed by atoms with Crippen LogP contribution in [0.2, 0.25) is 0 Å². The van der Waals surface area contributed by atoms with E-state index < -0.39 is 36.3 Å². The highest BCUT2D eigenvalue weighted by Gasteiger charge is 2.73. The van der Waals surface area contributed by atoms with E-state index in [0.29, 0.717) is 0 Å². The number of rotatable bonds is 5. The van der Waals surface area contributed by atoms with Crippen molar-refractivity contribution in [2.24, 2.45) is 0 Å². The summed E-state index contributed by atoms with van der Waals surface area (Å²) in [4.78, 5) is 11.5. The van der Waals surface area contributed by atoms with E-state index in [-0.39, 0.29) is 5.56 Å². The monoisotopic (exact) mass is 332 g/mol. The second-order valence-electron chi connectivity index (χ2n) is 4.47. The molecule has 0 amide bonds. The Morgan fingerprint density at radius 1 is 1.05 bits per heavy atom. The Labute approximate surface area is 120 Å². The van der Waals surface area contributed by atoms with Crippen LogP contribution in [0.3, 0.4) is 0 Å². The predicted octanol–water partition coefficient (Wildman–Crippen LogP) is 4.17. The van der Waals surface area contributed by atoms with Crippen LogP contribution in [0.15, 0.2) is 30.3 Å².